The molecule has 0 saturated carbocycles. The molecule has 1 aliphatic carbocycles. The number of rotatable bonds is 5. The van der Waals surface area contributed by atoms with Gasteiger partial charge in [0.25, 0.3) is 0 Å². The lowest BCUT2D eigenvalue weighted by molar-refractivity contribution is 0.599. The summed E-state index contributed by atoms with van der Waals surface area (Å²) in [5.41, 5.74) is 1.37. The second kappa shape index (κ2) is 6.37. The minimum Gasteiger partial charge on any atom is -0.304 e. The van der Waals surface area contributed by atoms with Gasteiger partial charge < -0.3 is 5.32 Å². The van der Waals surface area contributed by atoms with E-state index in [2.05, 4.69) is 31.3 Å². The summed E-state index contributed by atoms with van der Waals surface area (Å²) in [6.45, 7) is 5.44. The predicted molar refractivity (Wildman–Crippen MR) is 87.9 cm³/mol. The average Bonchev–Trinajstić information content (AvgIpc) is 3.05. The first-order chi connectivity index (χ1) is 9.78. The summed E-state index contributed by atoms with van der Waals surface area (Å²) in [6, 6.07) is 4.77. The van der Waals surface area contributed by atoms with E-state index < -0.39 is 0 Å². The second-order valence-corrected chi connectivity index (χ2v) is 7.90. The van der Waals surface area contributed by atoms with E-state index in [4.69, 9.17) is 4.98 Å². The highest BCUT2D eigenvalue weighted by Gasteiger charge is 2.22. The van der Waals surface area contributed by atoms with E-state index in [9.17, 15) is 0 Å². The molecule has 108 valence electrons. The second-order valence-electron chi connectivity index (χ2n) is 5.46. The van der Waals surface area contributed by atoms with Crippen LogP contribution in [0.2, 0.25) is 0 Å². The largest absolute Gasteiger partial charge is 0.304 e. The van der Waals surface area contributed by atoms with Crippen LogP contribution in [0, 0.1) is 6.92 Å². The summed E-state index contributed by atoms with van der Waals surface area (Å²) in [4.78, 5) is 9.27. The zero-order valence-electron chi connectivity index (χ0n) is 12.2. The molecule has 20 heavy (non-hydrogen) atoms. The summed E-state index contributed by atoms with van der Waals surface area (Å²) < 4.78 is 0. The van der Waals surface area contributed by atoms with Gasteiger partial charge in [0, 0.05) is 14.6 Å². The molecule has 0 saturated heterocycles. The van der Waals surface area contributed by atoms with Crippen molar-refractivity contribution in [3.05, 3.63) is 37.5 Å². The molecular weight excluding hydrogens is 284 g/mol. The van der Waals surface area contributed by atoms with Gasteiger partial charge in [-0.15, -0.1) is 22.7 Å². The number of thiazole rings is 1. The van der Waals surface area contributed by atoms with Crippen molar-refractivity contribution in [2.24, 2.45) is 0 Å². The van der Waals surface area contributed by atoms with Crippen molar-refractivity contribution in [3.63, 3.8) is 0 Å². The normalized spacial score (nSPS) is 16.1. The number of hydrogen-bond acceptors (Lipinski definition) is 4. The van der Waals surface area contributed by atoms with Crippen molar-refractivity contribution in [3.8, 4) is 0 Å². The van der Waals surface area contributed by atoms with E-state index in [1.165, 1.54) is 51.0 Å². The Balaban J connectivity index is 1.90. The molecule has 2 heterocycles. The van der Waals surface area contributed by atoms with Crippen LogP contribution in [-0.2, 0) is 12.8 Å². The number of thiophene rings is 1. The molecule has 2 nitrogen and oxygen atoms in total. The maximum Gasteiger partial charge on any atom is 0.115 e. The van der Waals surface area contributed by atoms with Gasteiger partial charge in [0.1, 0.15) is 5.01 Å². The molecule has 0 spiro atoms. The fraction of sp³-hybridized carbons (Fsp3) is 0.562. The fourth-order valence-electron chi connectivity index (χ4n) is 2.70. The van der Waals surface area contributed by atoms with Crippen molar-refractivity contribution >= 4 is 22.7 Å². The Morgan fingerprint density at radius 3 is 2.80 bits per heavy atom. The van der Waals surface area contributed by atoms with E-state index in [-0.39, 0.29) is 0 Å². The Kier molecular flexibility index (Phi) is 4.54. The summed E-state index contributed by atoms with van der Waals surface area (Å²) in [6.07, 6.45) is 6.21. The molecule has 1 N–H and O–H groups in total. The van der Waals surface area contributed by atoms with Crippen molar-refractivity contribution in [2.75, 3.05) is 6.54 Å². The van der Waals surface area contributed by atoms with E-state index in [1.807, 2.05) is 22.7 Å². The van der Waals surface area contributed by atoms with Gasteiger partial charge in [-0.2, -0.15) is 0 Å². The number of aryl methyl sites for hydroxylation is 3. The van der Waals surface area contributed by atoms with Crippen LogP contribution in [-0.4, -0.2) is 11.5 Å². The number of nitrogens with zero attached hydrogens (tertiary/aromatic N) is 1. The monoisotopic (exact) mass is 306 g/mol. The van der Waals surface area contributed by atoms with Gasteiger partial charge in [0.15, 0.2) is 0 Å². The van der Waals surface area contributed by atoms with Crippen LogP contribution in [0.3, 0.4) is 0 Å². The van der Waals surface area contributed by atoms with Gasteiger partial charge >= 0.3 is 0 Å². The zero-order chi connectivity index (χ0) is 13.9. The van der Waals surface area contributed by atoms with Gasteiger partial charge in [-0.1, -0.05) is 6.92 Å². The van der Waals surface area contributed by atoms with Gasteiger partial charge in [-0.05, 0) is 57.7 Å². The van der Waals surface area contributed by atoms with Crippen LogP contribution in [0.1, 0.15) is 57.6 Å². The third-order valence-corrected chi connectivity index (χ3v) is 6.04. The Labute approximate surface area is 129 Å². The van der Waals surface area contributed by atoms with Crippen molar-refractivity contribution in [1.82, 2.24) is 10.3 Å². The molecule has 2 aromatic heterocycles. The number of hydrogen-bond donors (Lipinski definition) is 1. The molecule has 1 aliphatic rings. The molecule has 0 radical (unpaired) electrons. The lowest BCUT2D eigenvalue weighted by atomic mass is 10.0. The van der Waals surface area contributed by atoms with Crippen LogP contribution >= 0.6 is 22.7 Å². The van der Waals surface area contributed by atoms with Gasteiger partial charge in [-0.25, -0.2) is 4.98 Å². The Bertz CT molecular complexity index is 547. The predicted octanol–water partition coefficient (Wildman–Crippen LogP) is 4.48. The smallest absolute Gasteiger partial charge is 0.115 e. The molecular formula is C16H22N2S2. The van der Waals surface area contributed by atoms with Gasteiger partial charge in [-0.3, -0.25) is 0 Å². The van der Waals surface area contributed by atoms with Crippen molar-refractivity contribution in [1.29, 1.82) is 0 Å². The molecule has 0 fully saturated rings. The molecule has 3 rings (SSSR count). The van der Waals surface area contributed by atoms with Crippen molar-refractivity contribution in [2.45, 2.75) is 52.0 Å². The van der Waals surface area contributed by atoms with Gasteiger partial charge in [0.05, 0.1) is 11.7 Å². The topological polar surface area (TPSA) is 24.9 Å². The van der Waals surface area contributed by atoms with Crippen LogP contribution in [0.5, 0.6) is 0 Å². The molecule has 2 aromatic rings. The molecule has 0 aromatic carbocycles. The van der Waals surface area contributed by atoms with Crippen molar-refractivity contribution < 1.29 is 0 Å². The quantitative estimate of drug-likeness (QED) is 0.881. The standard InChI is InChI=1S/C16H22N2S2/c1-3-10-17-15(14-9-8-11(2)19-14)16-18-12-6-4-5-7-13(12)20-16/h8-9,15,17H,3-7,10H2,1-2H3. The highest BCUT2D eigenvalue weighted by molar-refractivity contribution is 7.13. The van der Waals surface area contributed by atoms with E-state index in [1.54, 1.807) is 0 Å². The summed E-state index contributed by atoms with van der Waals surface area (Å²) in [5, 5.41) is 4.95. The summed E-state index contributed by atoms with van der Waals surface area (Å²) in [7, 11) is 0. The molecule has 0 aliphatic heterocycles. The summed E-state index contributed by atoms with van der Waals surface area (Å²) >= 11 is 3.82. The lowest BCUT2D eigenvalue weighted by Gasteiger charge is -2.14. The van der Waals surface area contributed by atoms with E-state index >= 15 is 0 Å². The lowest BCUT2D eigenvalue weighted by Crippen LogP contribution is -2.22. The third kappa shape index (κ3) is 2.97. The molecule has 0 bridgehead atoms. The zero-order valence-corrected chi connectivity index (χ0v) is 13.9. The van der Waals surface area contributed by atoms with Crippen LogP contribution in [0.25, 0.3) is 0 Å². The highest BCUT2D eigenvalue weighted by Crippen LogP contribution is 2.34. The van der Waals surface area contributed by atoms with Crippen LogP contribution in [0.15, 0.2) is 12.1 Å². The number of aromatic nitrogens is 1. The first-order valence-corrected chi connectivity index (χ1v) is 9.19. The SMILES string of the molecule is CCCNC(c1ccc(C)s1)c1nc2c(s1)CCCC2. The fourth-order valence-corrected chi connectivity index (χ4v) is 4.98. The third-order valence-electron chi connectivity index (χ3n) is 3.75. The number of fused-ring (bicyclic) bond motifs is 1. The Morgan fingerprint density at radius 1 is 1.25 bits per heavy atom. The Hall–Kier alpha value is -0.710. The minimum absolute atomic E-state index is 0.296. The Morgan fingerprint density at radius 2 is 2.10 bits per heavy atom. The van der Waals surface area contributed by atoms with E-state index in [0.29, 0.717) is 6.04 Å². The molecule has 4 heteroatoms. The molecule has 1 unspecified atom stereocenters. The highest BCUT2D eigenvalue weighted by atomic mass is 32.1. The first-order valence-electron chi connectivity index (χ1n) is 7.56. The first kappa shape index (κ1) is 14.2. The average molecular weight is 307 g/mol. The molecule has 1 atom stereocenters. The minimum atomic E-state index is 0.296. The maximum atomic E-state index is 4.95. The van der Waals surface area contributed by atoms with Gasteiger partial charge in [0.2, 0.25) is 0 Å². The summed E-state index contributed by atoms with van der Waals surface area (Å²) in [5.74, 6) is 0. The van der Waals surface area contributed by atoms with Crippen LogP contribution < -0.4 is 5.32 Å². The maximum absolute atomic E-state index is 4.95. The van der Waals surface area contributed by atoms with Crippen LogP contribution in [0.4, 0.5) is 0 Å². The van der Waals surface area contributed by atoms with E-state index in [0.717, 1.165) is 13.0 Å². The molecule has 0 amide bonds. The number of nitrogens with one attached hydrogen (secondary N) is 1.